The highest BCUT2D eigenvalue weighted by atomic mass is 32.1. The molecular formula is C25H30N6S. The summed E-state index contributed by atoms with van der Waals surface area (Å²) in [5.41, 5.74) is 5.76. The summed E-state index contributed by atoms with van der Waals surface area (Å²) in [7, 11) is 0. The molecule has 7 heteroatoms. The third kappa shape index (κ3) is 5.53. The molecule has 0 aliphatic heterocycles. The number of imidazole rings is 1. The van der Waals surface area contributed by atoms with Gasteiger partial charge in [-0.25, -0.2) is 15.0 Å². The predicted molar refractivity (Wildman–Crippen MR) is 133 cm³/mol. The molecule has 2 aromatic carbocycles. The van der Waals surface area contributed by atoms with Gasteiger partial charge >= 0.3 is 0 Å². The SMILES string of the molecule is CCNC(=NCc1ccc(Cn2cnc3ccccc32)cc1)NCCc1nc(C)c(C)s1. The lowest BCUT2D eigenvalue weighted by molar-refractivity contribution is 0.795. The number of aromatic nitrogens is 3. The van der Waals surface area contributed by atoms with Crippen LogP contribution >= 0.6 is 11.3 Å². The fourth-order valence-electron chi connectivity index (χ4n) is 3.53. The monoisotopic (exact) mass is 446 g/mol. The molecule has 0 aliphatic rings. The molecule has 166 valence electrons. The Kier molecular flexibility index (Phi) is 7.17. The van der Waals surface area contributed by atoms with Crippen molar-refractivity contribution in [2.24, 2.45) is 4.99 Å². The van der Waals surface area contributed by atoms with Crippen LogP contribution in [0.25, 0.3) is 11.0 Å². The molecule has 0 spiro atoms. The Morgan fingerprint density at radius 1 is 1.03 bits per heavy atom. The number of benzene rings is 2. The van der Waals surface area contributed by atoms with Crippen LogP contribution in [-0.2, 0) is 19.5 Å². The van der Waals surface area contributed by atoms with Gasteiger partial charge in [0.2, 0.25) is 0 Å². The molecule has 4 aromatic rings. The number of guanidine groups is 1. The highest BCUT2D eigenvalue weighted by molar-refractivity contribution is 7.11. The lowest BCUT2D eigenvalue weighted by Gasteiger charge is -2.11. The molecule has 4 rings (SSSR count). The van der Waals surface area contributed by atoms with E-state index in [9.17, 15) is 0 Å². The molecule has 0 unspecified atom stereocenters. The van der Waals surface area contributed by atoms with Crippen molar-refractivity contribution in [1.82, 2.24) is 25.2 Å². The van der Waals surface area contributed by atoms with Crippen LogP contribution in [0.3, 0.4) is 0 Å². The Bertz CT molecular complexity index is 1170. The second-order valence-corrected chi connectivity index (χ2v) is 9.09. The summed E-state index contributed by atoms with van der Waals surface area (Å²) in [5, 5.41) is 7.92. The maximum Gasteiger partial charge on any atom is 0.191 e. The van der Waals surface area contributed by atoms with E-state index in [4.69, 9.17) is 4.99 Å². The van der Waals surface area contributed by atoms with Crippen LogP contribution in [0, 0.1) is 13.8 Å². The van der Waals surface area contributed by atoms with Gasteiger partial charge < -0.3 is 15.2 Å². The van der Waals surface area contributed by atoms with Crippen LogP contribution in [0.2, 0.25) is 0 Å². The minimum atomic E-state index is 0.638. The molecule has 0 fully saturated rings. The standard InChI is InChI=1S/C25H30N6S/c1-4-26-25(27-14-13-24-30-18(2)19(3)32-24)28-15-20-9-11-21(12-10-20)16-31-17-29-22-7-5-6-8-23(22)31/h5-12,17H,4,13-16H2,1-3H3,(H2,26,27,28). The zero-order chi connectivity index (χ0) is 22.3. The Hall–Kier alpha value is -3.19. The van der Waals surface area contributed by atoms with Gasteiger partial charge in [-0.1, -0.05) is 36.4 Å². The maximum absolute atomic E-state index is 4.75. The first-order valence-corrected chi connectivity index (χ1v) is 11.9. The molecule has 32 heavy (non-hydrogen) atoms. The summed E-state index contributed by atoms with van der Waals surface area (Å²) < 4.78 is 2.18. The van der Waals surface area contributed by atoms with E-state index >= 15 is 0 Å². The van der Waals surface area contributed by atoms with Crippen LogP contribution in [0.4, 0.5) is 0 Å². The summed E-state index contributed by atoms with van der Waals surface area (Å²) in [6, 6.07) is 16.9. The van der Waals surface area contributed by atoms with Crippen LogP contribution in [0.5, 0.6) is 0 Å². The van der Waals surface area contributed by atoms with Crippen molar-refractivity contribution in [2.75, 3.05) is 13.1 Å². The third-order valence-corrected chi connectivity index (χ3v) is 6.50. The molecule has 6 nitrogen and oxygen atoms in total. The third-order valence-electron chi connectivity index (χ3n) is 5.37. The van der Waals surface area contributed by atoms with Crippen LogP contribution in [-0.4, -0.2) is 33.6 Å². The van der Waals surface area contributed by atoms with Crippen molar-refractivity contribution < 1.29 is 0 Å². The van der Waals surface area contributed by atoms with Gasteiger partial charge in [0.05, 0.1) is 34.6 Å². The smallest absolute Gasteiger partial charge is 0.191 e. The fraction of sp³-hybridized carbons (Fsp3) is 0.320. The van der Waals surface area contributed by atoms with Crippen molar-refractivity contribution in [1.29, 1.82) is 0 Å². The number of hydrogen-bond acceptors (Lipinski definition) is 4. The van der Waals surface area contributed by atoms with Gasteiger partial charge in [-0.3, -0.25) is 0 Å². The highest BCUT2D eigenvalue weighted by Gasteiger charge is 2.05. The van der Waals surface area contributed by atoms with Crippen LogP contribution in [0.15, 0.2) is 59.9 Å². The number of fused-ring (bicyclic) bond motifs is 1. The van der Waals surface area contributed by atoms with Gasteiger partial charge in [0.25, 0.3) is 0 Å². The summed E-state index contributed by atoms with van der Waals surface area (Å²) in [6.45, 7) is 9.37. The first-order valence-electron chi connectivity index (χ1n) is 11.0. The number of thiazole rings is 1. The van der Waals surface area contributed by atoms with Crippen molar-refractivity contribution in [2.45, 2.75) is 40.3 Å². The molecule has 0 bridgehead atoms. The number of aryl methyl sites for hydroxylation is 2. The normalized spacial score (nSPS) is 11.8. The van der Waals surface area contributed by atoms with E-state index in [1.165, 1.54) is 21.0 Å². The van der Waals surface area contributed by atoms with Gasteiger partial charge in [0.1, 0.15) is 0 Å². The van der Waals surface area contributed by atoms with E-state index in [1.807, 2.05) is 18.5 Å². The number of nitrogens with zero attached hydrogens (tertiary/aromatic N) is 4. The van der Waals surface area contributed by atoms with Gasteiger partial charge in [0.15, 0.2) is 5.96 Å². The zero-order valence-electron chi connectivity index (χ0n) is 18.9. The number of hydrogen-bond donors (Lipinski definition) is 2. The topological polar surface area (TPSA) is 67.1 Å². The molecule has 0 saturated carbocycles. The number of nitrogens with one attached hydrogen (secondary N) is 2. The van der Waals surface area contributed by atoms with Crippen molar-refractivity contribution in [3.8, 4) is 0 Å². The van der Waals surface area contributed by atoms with Crippen LogP contribution < -0.4 is 10.6 Å². The Labute approximate surface area is 193 Å². The Balaban J connectivity index is 1.33. The molecule has 2 N–H and O–H groups in total. The lowest BCUT2D eigenvalue weighted by Crippen LogP contribution is -2.38. The van der Waals surface area contributed by atoms with E-state index < -0.39 is 0 Å². The summed E-state index contributed by atoms with van der Waals surface area (Å²) in [6.07, 6.45) is 2.81. The molecule has 0 radical (unpaired) electrons. The first-order chi connectivity index (χ1) is 15.6. The Morgan fingerprint density at radius 3 is 2.56 bits per heavy atom. The van der Waals surface area contributed by atoms with Crippen molar-refractivity contribution >= 4 is 28.3 Å². The molecule has 2 heterocycles. The van der Waals surface area contributed by atoms with Crippen LogP contribution in [0.1, 0.15) is 33.6 Å². The van der Waals surface area contributed by atoms with E-state index in [0.29, 0.717) is 6.54 Å². The summed E-state index contributed by atoms with van der Waals surface area (Å²) in [5.74, 6) is 0.839. The second kappa shape index (κ2) is 10.4. The van der Waals surface area contributed by atoms with Gasteiger partial charge in [-0.2, -0.15) is 0 Å². The number of para-hydroxylation sites is 2. The van der Waals surface area contributed by atoms with Crippen molar-refractivity contribution in [3.05, 3.63) is 81.6 Å². The minimum Gasteiger partial charge on any atom is -0.357 e. The summed E-state index contributed by atoms with van der Waals surface area (Å²) >= 11 is 1.78. The van der Waals surface area contributed by atoms with E-state index in [-0.39, 0.29) is 0 Å². The van der Waals surface area contributed by atoms with E-state index in [2.05, 4.69) is 82.3 Å². The minimum absolute atomic E-state index is 0.638. The zero-order valence-corrected chi connectivity index (χ0v) is 19.7. The molecule has 0 amide bonds. The fourth-order valence-corrected chi connectivity index (χ4v) is 4.46. The average molecular weight is 447 g/mol. The summed E-state index contributed by atoms with van der Waals surface area (Å²) in [4.78, 5) is 15.1. The largest absolute Gasteiger partial charge is 0.357 e. The molecule has 0 aliphatic carbocycles. The van der Waals surface area contributed by atoms with E-state index in [1.54, 1.807) is 11.3 Å². The predicted octanol–water partition coefficient (Wildman–Crippen LogP) is 4.46. The van der Waals surface area contributed by atoms with Gasteiger partial charge in [-0.15, -0.1) is 11.3 Å². The Morgan fingerprint density at radius 2 is 1.81 bits per heavy atom. The molecule has 2 aromatic heterocycles. The average Bonchev–Trinajstić information content (AvgIpc) is 3.35. The molecule has 0 saturated heterocycles. The van der Waals surface area contributed by atoms with Gasteiger partial charge in [0, 0.05) is 30.9 Å². The highest BCUT2D eigenvalue weighted by Crippen LogP contribution is 2.17. The van der Waals surface area contributed by atoms with E-state index in [0.717, 1.165) is 48.7 Å². The quantitative estimate of drug-likeness (QED) is 0.310. The lowest BCUT2D eigenvalue weighted by atomic mass is 10.1. The van der Waals surface area contributed by atoms with Gasteiger partial charge in [-0.05, 0) is 44.0 Å². The molecular weight excluding hydrogens is 416 g/mol. The molecule has 0 atom stereocenters. The van der Waals surface area contributed by atoms with Crippen molar-refractivity contribution in [3.63, 3.8) is 0 Å². The maximum atomic E-state index is 4.75. The number of aliphatic imine (C=N–C) groups is 1. The second-order valence-electron chi connectivity index (χ2n) is 7.80. The number of rotatable bonds is 8. The first kappa shape index (κ1) is 22.0.